The molecule has 174 valence electrons. The summed E-state index contributed by atoms with van der Waals surface area (Å²) in [6, 6.07) is 7.87. The van der Waals surface area contributed by atoms with Crippen molar-refractivity contribution < 1.29 is 33.3 Å². The van der Waals surface area contributed by atoms with Crippen LogP contribution in [0.3, 0.4) is 0 Å². The predicted molar refractivity (Wildman–Crippen MR) is 121 cm³/mol. The van der Waals surface area contributed by atoms with Crippen LogP contribution in [0.1, 0.15) is 35.8 Å². The quantitative estimate of drug-likeness (QED) is 0.530. The fourth-order valence-electron chi connectivity index (χ4n) is 4.38. The Morgan fingerprint density at radius 2 is 0.906 bits per heavy atom. The topological polar surface area (TPSA) is 77.0 Å². The molecular formula is C24H31NO7. The zero-order valence-corrected chi connectivity index (χ0v) is 19.7. The van der Waals surface area contributed by atoms with E-state index in [2.05, 4.69) is 5.16 Å². The van der Waals surface area contributed by atoms with Gasteiger partial charge in [-0.1, -0.05) is 5.16 Å². The molecule has 8 nitrogen and oxygen atoms in total. The summed E-state index contributed by atoms with van der Waals surface area (Å²) < 4.78 is 33.1. The molecule has 1 aliphatic carbocycles. The van der Waals surface area contributed by atoms with Gasteiger partial charge in [0.2, 0.25) is 11.5 Å². The van der Waals surface area contributed by atoms with Crippen LogP contribution in [0, 0.1) is 0 Å². The molecule has 1 aliphatic rings. The van der Waals surface area contributed by atoms with Crippen LogP contribution in [-0.2, 0) is 4.84 Å². The third-order valence-electron chi connectivity index (χ3n) is 5.83. The summed E-state index contributed by atoms with van der Waals surface area (Å²) in [4.78, 5) is 5.26. The molecule has 0 aliphatic heterocycles. The highest BCUT2D eigenvalue weighted by atomic mass is 16.6. The van der Waals surface area contributed by atoms with E-state index in [1.54, 1.807) is 49.8 Å². The zero-order chi connectivity index (χ0) is 23.3. The second-order valence-corrected chi connectivity index (χ2v) is 7.30. The largest absolute Gasteiger partial charge is 0.493 e. The van der Waals surface area contributed by atoms with E-state index < -0.39 is 0 Å². The minimum absolute atomic E-state index is 0.0211. The molecule has 32 heavy (non-hydrogen) atoms. The normalized spacial score (nSPS) is 17.5. The fourth-order valence-corrected chi connectivity index (χ4v) is 4.38. The van der Waals surface area contributed by atoms with Crippen molar-refractivity contribution in [1.82, 2.24) is 0 Å². The average Bonchev–Trinajstić information content (AvgIpc) is 3.25. The van der Waals surface area contributed by atoms with E-state index in [0.29, 0.717) is 34.5 Å². The van der Waals surface area contributed by atoms with Gasteiger partial charge in [-0.15, -0.1) is 0 Å². The molecule has 2 aromatic rings. The van der Waals surface area contributed by atoms with Gasteiger partial charge in [0.25, 0.3) is 0 Å². The van der Waals surface area contributed by atoms with Crippen LogP contribution >= 0.6 is 0 Å². The van der Waals surface area contributed by atoms with Crippen LogP contribution in [0.2, 0.25) is 0 Å². The number of hydrogen-bond acceptors (Lipinski definition) is 8. The van der Waals surface area contributed by atoms with Crippen LogP contribution in [0.5, 0.6) is 34.5 Å². The molecule has 0 N–H and O–H groups in total. The van der Waals surface area contributed by atoms with E-state index in [4.69, 9.17) is 33.3 Å². The molecule has 8 heteroatoms. The zero-order valence-electron chi connectivity index (χ0n) is 19.7. The average molecular weight is 446 g/mol. The monoisotopic (exact) mass is 445 g/mol. The van der Waals surface area contributed by atoms with Crippen molar-refractivity contribution in [2.75, 3.05) is 49.8 Å². The summed E-state index contributed by atoms with van der Waals surface area (Å²) in [5.41, 5.74) is 2.95. The maximum Gasteiger partial charge on any atom is 0.203 e. The summed E-state index contributed by atoms with van der Waals surface area (Å²) in [6.45, 7) is 0. The molecule has 2 aromatic carbocycles. The Morgan fingerprint density at radius 1 is 0.562 bits per heavy atom. The second kappa shape index (κ2) is 10.3. The van der Waals surface area contributed by atoms with E-state index in [-0.39, 0.29) is 11.8 Å². The van der Waals surface area contributed by atoms with E-state index in [9.17, 15) is 0 Å². The number of ether oxygens (including phenoxy) is 6. The summed E-state index contributed by atoms with van der Waals surface area (Å²) >= 11 is 0. The first-order valence-electron chi connectivity index (χ1n) is 10.3. The van der Waals surface area contributed by atoms with Gasteiger partial charge in [0.05, 0.1) is 48.4 Å². The first-order valence-corrected chi connectivity index (χ1v) is 10.3. The lowest BCUT2D eigenvalue weighted by molar-refractivity contribution is 0.211. The molecule has 0 heterocycles. The standard InChI is InChI=1S/C24H31NO7/c1-26-18-10-14(11-19(27-2)23(18)30-5)16-8-9-17(22(16)25-32-7)15-12-20(28-3)24(31-6)21(13-15)29-4/h10-13,16-17H,8-9H2,1-7H3/t16-,17-/m0/s1. The number of oxime groups is 1. The number of benzene rings is 2. The Kier molecular flexibility index (Phi) is 7.56. The first kappa shape index (κ1) is 23.4. The van der Waals surface area contributed by atoms with Gasteiger partial charge < -0.3 is 33.3 Å². The molecule has 0 radical (unpaired) electrons. The van der Waals surface area contributed by atoms with Crippen molar-refractivity contribution in [3.63, 3.8) is 0 Å². The van der Waals surface area contributed by atoms with Gasteiger partial charge in [0, 0.05) is 11.8 Å². The Hall–Kier alpha value is -3.29. The van der Waals surface area contributed by atoms with Crippen LogP contribution in [-0.4, -0.2) is 55.5 Å². The maximum absolute atomic E-state index is 5.55. The lowest BCUT2D eigenvalue weighted by Crippen LogP contribution is -2.14. The van der Waals surface area contributed by atoms with E-state index in [0.717, 1.165) is 29.7 Å². The molecule has 2 atom stereocenters. The molecule has 1 fully saturated rings. The second-order valence-electron chi connectivity index (χ2n) is 7.30. The van der Waals surface area contributed by atoms with Gasteiger partial charge in [0.1, 0.15) is 7.11 Å². The lowest BCUT2D eigenvalue weighted by Gasteiger charge is -2.20. The number of methoxy groups -OCH3 is 6. The van der Waals surface area contributed by atoms with Gasteiger partial charge in [-0.2, -0.15) is 0 Å². The minimum atomic E-state index is 0.0211. The van der Waals surface area contributed by atoms with Crippen molar-refractivity contribution in [2.45, 2.75) is 24.7 Å². The van der Waals surface area contributed by atoms with Crippen LogP contribution in [0.4, 0.5) is 0 Å². The molecule has 0 unspecified atom stereocenters. The number of rotatable bonds is 9. The molecule has 0 amide bonds. The van der Waals surface area contributed by atoms with Gasteiger partial charge >= 0.3 is 0 Å². The van der Waals surface area contributed by atoms with Crippen LogP contribution < -0.4 is 28.4 Å². The maximum atomic E-state index is 5.55. The molecule has 0 saturated heterocycles. The van der Waals surface area contributed by atoms with Gasteiger partial charge in [0.15, 0.2) is 23.0 Å². The van der Waals surface area contributed by atoms with Gasteiger partial charge in [-0.05, 0) is 48.2 Å². The summed E-state index contributed by atoms with van der Waals surface area (Å²) in [5, 5.41) is 4.44. The molecule has 0 aromatic heterocycles. The van der Waals surface area contributed by atoms with E-state index in [1.165, 1.54) is 0 Å². The van der Waals surface area contributed by atoms with Crippen LogP contribution in [0.15, 0.2) is 29.4 Å². The summed E-state index contributed by atoms with van der Waals surface area (Å²) in [7, 11) is 11.2. The van der Waals surface area contributed by atoms with Crippen molar-refractivity contribution >= 4 is 5.71 Å². The summed E-state index contributed by atoms with van der Waals surface area (Å²) in [5.74, 6) is 3.58. The Morgan fingerprint density at radius 3 is 1.16 bits per heavy atom. The predicted octanol–water partition coefficient (Wildman–Crippen LogP) is 4.40. The molecule has 0 spiro atoms. The SMILES string of the molecule is CON=C1[C@H](c2cc(OC)c(OC)c(OC)c2)CC[C@H]1c1cc(OC)c(OC)c(OC)c1. The highest BCUT2D eigenvalue weighted by molar-refractivity contribution is 5.98. The van der Waals surface area contributed by atoms with E-state index >= 15 is 0 Å². The van der Waals surface area contributed by atoms with Gasteiger partial charge in [-0.25, -0.2) is 0 Å². The number of hydrogen-bond donors (Lipinski definition) is 0. The third kappa shape index (κ3) is 4.22. The fraction of sp³-hybridized carbons (Fsp3) is 0.458. The Balaban J connectivity index is 2.07. The molecule has 3 rings (SSSR count). The minimum Gasteiger partial charge on any atom is -0.493 e. The Bertz CT molecular complexity index is 849. The smallest absolute Gasteiger partial charge is 0.203 e. The lowest BCUT2D eigenvalue weighted by atomic mass is 9.90. The highest BCUT2D eigenvalue weighted by Gasteiger charge is 2.37. The summed E-state index contributed by atoms with van der Waals surface area (Å²) in [6.07, 6.45) is 1.75. The Labute approximate surface area is 189 Å². The highest BCUT2D eigenvalue weighted by Crippen LogP contribution is 2.48. The third-order valence-corrected chi connectivity index (χ3v) is 5.83. The van der Waals surface area contributed by atoms with E-state index in [1.807, 2.05) is 24.3 Å². The molecular weight excluding hydrogens is 414 g/mol. The van der Waals surface area contributed by atoms with Crippen molar-refractivity contribution in [3.8, 4) is 34.5 Å². The van der Waals surface area contributed by atoms with Crippen molar-refractivity contribution in [3.05, 3.63) is 35.4 Å². The molecule has 0 bridgehead atoms. The van der Waals surface area contributed by atoms with Crippen LogP contribution in [0.25, 0.3) is 0 Å². The van der Waals surface area contributed by atoms with Crippen molar-refractivity contribution in [1.29, 1.82) is 0 Å². The van der Waals surface area contributed by atoms with Crippen molar-refractivity contribution in [2.24, 2.45) is 5.16 Å². The first-order chi connectivity index (χ1) is 15.6. The number of nitrogens with zero attached hydrogens (tertiary/aromatic N) is 1. The molecule has 1 saturated carbocycles. The van der Waals surface area contributed by atoms with Gasteiger partial charge in [-0.3, -0.25) is 0 Å².